The number of aliphatic imine (C=N–C) groups is 1. The maximum absolute atomic E-state index is 12.3. The smallest absolute Gasteiger partial charge is 0.243 e. The van der Waals surface area contributed by atoms with Crippen LogP contribution in [0.1, 0.15) is 0 Å². The van der Waals surface area contributed by atoms with Gasteiger partial charge in [0.25, 0.3) is 0 Å². The number of methoxy groups -OCH3 is 2. The molecule has 1 amide bonds. The Kier molecular flexibility index (Phi) is 4.52. The highest BCUT2D eigenvalue weighted by Gasteiger charge is 2.30. The highest BCUT2D eigenvalue weighted by atomic mass is 32.2. The van der Waals surface area contributed by atoms with Gasteiger partial charge >= 0.3 is 0 Å². The Morgan fingerprint density at radius 1 is 1.04 bits per heavy atom. The van der Waals surface area contributed by atoms with Crippen LogP contribution in [0.3, 0.4) is 0 Å². The van der Waals surface area contributed by atoms with E-state index < -0.39 is 0 Å². The van der Waals surface area contributed by atoms with Crippen molar-refractivity contribution < 1.29 is 14.3 Å². The number of anilines is 1. The van der Waals surface area contributed by atoms with Crippen molar-refractivity contribution in [1.29, 1.82) is 0 Å². The minimum atomic E-state index is 0.00454. The predicted octanol–water partition coefficient (Wildman–Crippen LogP) is 3.47. The van der Waals surface area contributed by atoms with E-state index in [-0.39, 0.29) is 5.91 Å². The van der Waals surface area contributed by atoms with Gasteiger partial charge in [0.05, 0.1) is 31.3 Å². The summed E-state index contributed by atoms with van der Waals surface area (Å²) in [6.45, 7) is 0. The van der Waals surface area contributed by atoms with Crippen LogP contribution in [0, 0.1) is 0 Å². The van der Waals surface area contributed by atoms with Crippen LogP contribution in [0.4, 0.5) is 11.4 Å². The average molecular weight is 328 g/mol. The van der Waals surface area contributed by atoms with Crippen LogP contribution in [0.15, 0.2) is 53.5 Å². The molecule has 0 N–H and O–H groups in total. The molecule has 5 nitrogen and oxygen atoms in total. The zero-order chi connectivity index (χ0) is 16.2. The fourth-order valence-electron chi connectivity index (χ4n) is 2.24. The van der Waals surface area contributed by atoms with Crippen LogP contribution in [0.25, 0.3) is 0 Å². The van der Waals surface area contributed by atoms with Gasteiger partial charge in [0.1, 0.15) is 11.5 Å². The second-order valence-corrected chi connectivity index (χ2v) is 5.76. The monoisotopic (exact) mass is 328 g/mol. The van der Waals surface area contributed by atoms with Gasteiger partial charge in [-0.15, -0.1) is 0 Å². The van der Waals surface area contributed by atoms with E-state index in [1.165, 1.54) is 11.8 Å². The summed E-state index contributed by atoms with van der Waals surface area (Å²) in [4.78, 5) is 18.5. The molecule has 2 aromatic carbocycles. The van der Waals surface area contributed by atoms with E-state index in [0.717, 1.165) is 17.1 Å². The van der Waals surface area contributed by atoms with E-state index in [1.54, 1.807) is 19.1 Å². The molecule has 6 heteroatoms. The lowest BCUT2D eigenvalue weighted by Crippen LogP contribution is -2.29. The van der Waals surface area contributed by atoms with E-state index in [9.17, 15) is 4.79 Å². The molecule has 0 atom stereocenters. The molecule has 1 aliphatic rings. The lowest BCUT2D eigenvalue weighted by molar-refractivity contribution is -0.115. The highest BCUT2D eigenvalue weighted by Crippen LogP contribution is 2.31. The van der Waals surface area contributed by atoms with E-state index in [2.05, 4.69) is 4.99 Å². The minimum Gasteiger partial charge on any atom is -0.497 e. The van der Waals surface area contributed by atoms with Gasteiger partial charge in [-0.25, -0.2) is 4.99 Å². The summed E-state index contributed by atoms with van der Waals surface area (Å²) >= 11 is 1.42. The van der Waals surface area contributed by atoms with Crippen LogP contribution in [-0.4, -0.2) is 31.0 Å². The predicted molar refractivity (Wildman–Crippen MR) is 93.0 cm³/mol. The van der Waals surface area contributed by atoms with Gasteiger partial charge < -0.3 is 9.47 Å². The van der Waals surface area contributed by atoms with E-state index in [1.807, 2.05) is 48.5 Å². The molecule has 0 bridgehead atoms. The number of ether oxygens (including phenoxy) is 2. The molecule has 1 heterocycles. The van der Waals surface area contributed by atoms with Crippen molar-refractivity contribution in [2.45, 2.75) is 0 Å². The molecule has 1 fully saturated rings. The lowest BCUT2D eigenvalue weighted by atomic mass is 10.2. The third kappa shape index (κ3) is 3.32. The van der Waals surface area contributed by atoms with Crippen LogP contribution in [-0.2, 0) is 4.79 Å². The number of benzene rings is 2. The summed E-state index contributed by atoms with van der Waals surface area (Å²) in [7, 11) is 3.22. The lowest BCUT2D eigenvalue weighted by Gasteiger charge is -2.16. The van der Waals surface area contributed by atoms with Crippen molar-refractivity contribution in [3.8, 4) is 11.5 Å². The number of carbonyl (C=O) groups excluding carboxylic acids is 1. The Labute approximate surface area is 138 Å². The Hall–Kier alpha value is -2.47. The third-order valence-electron chi connectivity index (χ3n) is 3.36. The van der Waals surface area contributed by atoms with Gasteiger partial charge in [-0.05, 0) is 24.3 Å². The second-order valence-electron chi connectivity index (χ2n) is 4.82. The summed E-state index contributed by atoms with van der Waals surface area (Å²) in [5, 5.41) is 0.650. The van der Waals surface area contributed by atoms with E-state index in [0.29, 0.717) is 16.7 Å². The summed E-state index contributed by atoms with van der Waals surface area (Å²) in [6.07, 6.45) is 0. The number of rotatable bonds is 4. The summed E-state index contributed by atoms with van der Waals surface area (Å²) < 4.78 is 10.4. The number of thioether (sulfide) groups is 1. The molecular weight excluding hydrogens is 312 g/mol. The molecule has 0 aromatic heterocycles. The molecule has 0 unspecified atom stereocenters. The third-order valence-corrected chi connectivity index (χ3v) is 4.28. The van der Waals surface area contributed by atoms with Crippen LogP contribution < -0.4 is 14.4 Å². The Balaban J connectivity index is 1.97. The first-order valence-electron chi connectivity index (χ1n) is 7.04. The number of amidine groups is 1. The van der Waals surface area contributed by atoms with Crippen molar-refractivity contribution in [1.82, 2.24) is 0 Å². The molecule has 1 aliphatic heterocycles. The molecule has 23 heavy (non-hydrogen) atoms. The Morgan fingerprint density at radius 3 is 2.48 bits per heavy atom. The first-order valence-corrected chi connectivity index (χ1v) is 8.02. The average Bonchev–Trinajstić information content (AvgIpc) is 2.95. The van der Waals surface area contributed by atoms with Crippen molar-refractivity contribution in [3.63, 3.8) is 0 Å². The molecule has 0 aliphatic carbocycles. The fraction of sp³-hybridized carbons (Fsp3) is 0.176. The van der Waals surface area contributed by atoms with Gasteiger partial charge in [0.15, 0.2) is 5.17 Å². The molecule has 0 spiro atoms. The first-order chi connectivity index (χ1) is 11.2. The van der Waals surface area contributed by atoms with Gasteiger partial charge in [-0.2, -0.15) is 0 Å². The molecule has 1 saturated heterocycles. The highest BCUT2D eigenvalue weighted by molar-refractivity contribution is 8.15. The largest absolute Gasteiger partial charge is 0.497 e. The van der Waals surface area contributed by atoms with Gasteiger partial charge in [-0.1, -0.05) is 23.9 Å². The van der Waals surface area contributed by atoms with E-state index in [4.69, 9.17) is 9.47 Å². The van der Waals surface area contributed by atoms with Crippen molar-refractivity contribution in [3.05, 3.63) is 48.5 Å². The van der Waals surface area contributed by atoms with Crippen LogP contribution in [0.2, 0.25) is 0 Å². The molecular formula is C17H16N2O3S. The number of nitrogens with zero attached hydrogens (tertiary/aromatic N) is 2. The minimum absolute atomic E-state index is 0.00454. The van der Waals surface area contributed by atoms with Crippen molar-refractivity contribution in [2.24, 2.45) is 4.99 Å². The zero-order valence-corrected chi connectivity index (χ0v) is 13.7. The molecule has 2 aromatic rings. The number of hydrogen-bond acceptors (Lipinski definition) is 5. The molecule has 0 saturated carbocycles. The fourth-order valence-corrected chi connectivity index (χ4v) is 3.13. The van der Waals surface area contributed by atoms with Crippen LogP contribution >= 0.6 is 11.8 Å². The number of carbonyl (C=O) groups is 1. The Bertz CT molecular complexity index is 761. The molecule has 0 radical (unpaired) electrons. The Morgan fingerprint density at radius 2 is 1.74 bits per heavy atom. The quantitative estimate of drug-likeness (QED) is 0.862. The summed E-state index contributed by atoms with van der Waals surface area (Å²) in [6, 6.07) is 14.8. The molecule has 118 valence electrons. The topological polar surface area (TPSA) is 51.1 Å². The van der Waals surface area contributed by atoms with Crippen LogP contribution in [0.5, 0.6) is 11.5 Å². The number of hydrogen-bond donors (Lipinski definition) is 0. The maximum Gasteiger partial charge on any atom is 0.243 e. The summed E-state index contributed by atoms with van der Waals surface area (Å²) in [5.74, 6) is 1.81. The zero-order valence-electron chi connectivity index (χ0n) is 12.9. The molecule has 3 rings (SSSR count). The normalized spacial score (nSPS) is 16.0. The maximum atomic E-state index is 12.3. The summed E-state index contributed by atoms with van der Waals surface area (Å²) in [5.41, 5.74) is 1.50. The standard InChI is InChI=1S/C17H16N2O3S/c1-21-14-7-3-5-12(9-14)18-17-19(16(20)11-23-17)13-6-4-8-15(10-13)22-2/h3-10H,11H2,1-2H3. The van der Waals surface area contributed by atoms with E-state index >= 15 is 0 Å². The number of amides is 1. The SMILES string of the molecule is COc1cccc(N=C2SCC(=O)N2c2cccc(OC)c2)c1. The van der Waals surface area contributed by atoms with Gasteiger partial charge in [0, 0.05) is 12.1 Å². The first kappa shape index (κ1) is 15.4. The van der Waals surface area contributed by atoms with Gasteiger partial charge in [-0.3, -0.25) is 9.69 Å². The van der Waals surface area contributed by atoms with Crippen molar-refractivity contribution in [2.75, 3.05) is 24.9 Å². The second kappa shape index (κ2) is 6.75. The van der Waals surface area contributed by atoms with Crippen molar-refractivity contribution >= 4 is 34.2 Å². The van der Waals surface area contributed by atoms with Gasteiger partial charge in [0.2, 0.25) is 5.91 Å².